The average molecular weight is 563 g/mol. The molecule has 0 atom stereocenters. The van der Waals surface area contributed by atoms with Gasteiger partial charge < -0.3 is 15.4 Å². The summed E-state index contributed by atoms with van der Waals surface area (Å²) >= 11 is 0. The lowest BCUT2D eigenvalue weighted by molar-refractivity contribution is -0.114. The molecule has 0 bridgehead atoms. The molecule has 3 aromatic carbocycles. The Bertz CT molecular complexity index is 1560. The van der Waals surface area contributed by atoms with E-state index in [0.717, 1.165) is 34.1 Å². The summed E-state index contributed by atoms with van der Waals surface area (Å²) in [6, 6.07) is 20.5. The van der Waals surface area contributed by atoms with Gasteiger partial charge in [-0.2, -0.15) is 0 Å². The zero-order valence-electron chi connectivity index (χ0n) is 21.6. The van der Waals surface area contributed by atoms with Gasteiger partial charge in [0.05, 0.1) is 28.4 Å². The Kier molecular flexibility index (Phi) is 9.07. The molecular formula is C29H27FN4O5S. The third-order valence-corrected chi connectivity index (χ3v) is 7.53. The second-order valence-electron chi connectivity index (χ2n) is 8.53. The van der Waals surface area contributed by atoms with Crippen LogP contribution in [0.3, 0.4) is 0 Å². The van der Waals surface area contributed by atoms with E-state index < -0.39 is 34.2 Å². The highest BCUT2D eigenvalue weighted by molar-refractivity contribution is 7.92. The molecule has 9 nitrogen and oxygen atoms in total. The summed E-state index contributed by atoms with van der Waals surface area (Å²) < 4.78 is 47.0. The van der Waals surface area contributed by atoms with Crippen molar-refractivity contribution in [3.63, 3.8) is 0 Å². The molecule has 0 aliphatic heterocycles. The number of rotatable bonds is 11. The van der Waals surface area contributed by atoms with Gasteiger partial charge in [-0.15, -0.1) is 0 Å². The van der Waals surface area contributed by atoms with Gasteiger partial charge in [0.2, 0.25) is 5.91 Å². The molecule has 40 heavy (non-hydrogen) atoms. The number of hydrogen-bond acceptors (Lipinski definition) is 6. The molecule has 4 aromatic rings. The second-order valence-corrected chi connectivity index (χ2v) is 10.4. The number of para-hydroxylation sites is 1. The number of ether oxygens (including phenoxy) is 1. The second kappa shape index (κ2) is 12.9. The molecule has 0 saturated carbocycles. The molecule has 0 aliphatic carbocycles. The van der Waals surface area contributed by atoms with E-state index in [0.29, 0.717) is 12.4 Å². The number of carbonyl (C=O) groups is 2. The number of pyridine rings is 1. The molecule has 0 unspecified atom stereocenters. The van der Waals surface area contributed by atoms with E-state index in [1.807, 2.05) is 13.0 Å². The summed E-state index contributed by atoms with van der Waals surface area (Å²) in [5.74, 6) is -1.18. The molecule has 11 heteroatoms. The number of sulfonamides is 1. The molecule has 206 valence electrons. The number of aromatic nitrogens is 1. The van der Waals surface area contributed by atoms with Gasteiger partial charge in [-0.1, -0.05) is 18.2 Å². The van der Waals surface area contributed by atoms with Crippen molar-refractivity contribution < 1.29 is 27.1 Å². The number of carbonyl (C=O) groups excluding carboxylic acids is 2. The lowest BCUT2D eigenvalue weighted by Crippen LogP contribution is -2.38. The SMILES string of the molecule is CCOc1ccc(N(CC(=O)Nc2ccccc2C(=O)NCc2cccnc2)S(=O)(=O)c2ccc(F)cc2)cc1. The number of benzene rings is 3. The standard InChI is InChI=1S/C29H27FN4O5S/c1-2-39-24-13-11-23(12-14-24)34(40(37,38)25-15-9-22(30)10-16-25)20-28(35)33-27-8-4-3-7-26(27)29(36)32-19-21-6-5-17-31-18-21/h3-18H,2,19-20H2,1H3,(H,32,36)(H,33,35). The Balaban J connectivity index is 1.57. The van der Waals surface area contributed by atoms with E-state index in [2.05, 4.69) is 15.6 Å². The molecular weight excluding hydrogens is 535 g/mol. The predicted molar refractivity (Wildman–Crippen MR) is 149 cm³/mol. The van der Waals surface area contributed by atoms with Crippen molar-refractivity contribution in [2.45, 2.75) is 18.4 Å². The first-order valence-electron chi connectivity index (χ1n) is 12.3. The minimum absolute atomic E-state index is 0.189. The van der Waals surface area contributed by atoms with Crippen LogP contribution in [0.4, 0.5) is 15.8 Å². The molecule has 2 amide bonds. The lowest BCUT2D eigenvalue weighted by Gasteiger charge is -2.24. The van der Waals surface area contributed by atoms with Gasteiger partial charge in [0, 0.05) is 18.9 Å². The van der Waals surface area contributed by atoms with Crippen LogP contribution >= 0.6 is 0 Å². The van der Waals surface area contributed by atoms with Crippen molar-refractivity contribution >= 4 is 33.2 Å². The first-order chi connectivity index (χ1) is 19.3. The molecule has 0 fully saturated rings. The van der Waals surface area contributed by atoms with Crippen molar-refractivity contribution in [2.24, 2.45) is 0 Å². The fourth-order valence-electron chi connectivity index (χ4n) is 3.81. The minimum Gasteiger partial charge on any atom is -0.494 e. The first-order valence-corrected chi connectivity index (χ1v) is 13.8. The maximum Gasteiger partial charge on any atom is 0.264 e. The fourth-order valence-corrected chi connectivity index (χ4v) is 5.24. The van der Waals surface area contributed by atoms with Crippen LogP contribution in [-0.2, 0) is 21.4 Å². The van der Waals surface area contributed by atoms with Crippen LogP contribution in [0.5, 0.6) is 5.75 Å². The van der Waals surface area contributed by atoms with Crippen molar-refractivity contribution in [1.82, 2.24) is 10.3 Å². The van der Waals surface area contributed by atoms with Crippen LogP contribution in [0.2, 0.25) is 0 Å². The molecule has 1 aromatic heterocycles. The summed E-state index contributed by atoms with van der Waals surface area (Å²) in [4.78, 5) is 29.9. The number of nitrogens with one attached hydrogen (secondary N) is 2. The van der Waals surface area contributed by atoms with Gasteiger partial charge in [0.15, 0.2) is 0 Å². The van der Waals surface area contributed by atoms with Gasteiger partial charge in [-0.3, -0.25) is 18.9 Å². The van der Waals surface area contributed by atoms with E-state index in [9.17, 15) is 22.4 Å². The van der Waals surface area contributed by atoms with Gasteiger partial charge in [0.1, 0.15) is 18.1 Å². The number of nitrogens with zero attached hydrogens (tertiary/aromatic N) is 2. The Labute approximate surface area is 231 Å². The third kappa shape index (κ3) is 7.00. The molecule has 0 radical (unpaired) electrons. The zero-order chi connectivity index (χ0) is 28.5. The number of halogens is 1. The van der Waals surface area contributed by atoms with Gasteiger partial charge in [-0.25, -0.2) is 12.8 Å². The Morgan fingerprint density at radius 2 is 1.68 bits per heavy atom. The monoisotopic (exact) mass is 562 g/mol. The van der Waals surface area contributed by atoms with Gasteiger partial charge in [-0.05, 0) is 79.2 Å². The van der Waals surface area contributed by atoms with E-state index in [1.54, 1.807) is 54.9 Å². The minimum atomic E-state index is -4.27. The lowest BCUT2D eigenvalue weighted by atomic mass is 10.1. The van der Waals surface area contributed by atoms with Crippen LogP contribution in [0, 0.1) is 5.82 Å². The Morgan fingerprint density at radius 1 is 0.950 bits per heavy atom. The largest absolute Gasteiger partial charge is 0.494 e. The zero-order valence-corrected chi connectivity index (χ0v) is 22.4. The maximum atomic E-state index is 13.6. The van der Waals surface area contributed by atoms with Gasteiger partial charge in [0.25, 0.3) is 15.9 Å². The van der Waals surface area contributed by atoms with Crippen molar-refractivity contribution in [3.8, 4) is 5.75 Å². The van der Waals surface area contributed by atoms with Crippen LogP contribution in [0.15, 0.2) is 102 Å². The van der Waals surface area contributed by atoms with Crippen LogP contribution in [0.25, 0.3) is 0 Å². The predicted octanol–water partition coefficient (Wildman–Crippen LogP) is 4.38. The highest BCUT2D eigenvalue weighted by Crippen LogP contribution is 2.26. The summed E-state index contributed by atoms with van der Waals surface area (Å²) in [6.07, 6.45) is 3.26. The van der Waals surface area contributed by atoms with E-state index in [-0.39, 0.29) is 28.4 Å². The highest BCUT2D eigenvalue weighted by Gasteiger charge is 2.28. The first kappa shape index (κ1) is 28.2. The van der Waals surface area contributed by atoms with E-state index in [1.165, 1.54) is 12.1 Å². The summed E-state index contributed by atoms with van der Waals surface area (Å²) in [5.41, 5.74) is 1.41. The van der Waals surface area contributed by atoms with Crippen LogP contribution in [0.1, 0.15) is 22.8 Å². The van der Waals surface area contributed by atoms with Crippen molar-refractivity contribution in [1.29, 1.82) is 0 Å². The van der Waals surface area contributed by atoms with Crippen molar-refractivity contribution in [2.75, 3.05) is 22.8 Å². The number of amides is 2. The molecule has 0 spiro atoms. The highest BCUT2D eigenvalue weighted by atomic mass is 32.2. The molecule has 0 aliphatic rings. The van der Waals surface area contributed by atoms with E-state index >= 15 is 0 Å². The quantitative estimate of drug-likeness (QED) is 0.280. The molecule has 4 rings (SSSR count). The summed E-state index contributed by atoms with van der Waals surface area (Å²) in [7, 11) is -4.27. The summed E-state index contributed by atoms with van der Waals surface area (Å²) in [6.45, 7) is 1.87. The third-order valence-electron chi connectivity index (χ3n) is 5.75. The normalized spacial score (nSPS) is 10.9. The molecule has 0 saturated heterocycles. The molecule has 2 N–H and O–H groups in total. The van der Waals surface area contributed by atoms with Crippen LogP contribution in [-0.4, -0.2) is 38.4 Å². The Morgan fingerprint density at radius 3 is 2.35 bits per heavy atom. The summed E-state index contributed by atoms with van der Waals surface area (Å²) in [5, 5.41) is 5.43. The number of anilines is 2. The average Bonchev–Trinajstić information content (AvgIpc) is 2.96. The fraction of sp³-hybridized carbons (Fsp3) is 0.138. The topological polar surface area (TPSA) is 118 Å². The van der Waals surface area contributed by atoms with Crippen LogP contribution < -0.4 is 19.7 Å². The molecule has 1 heterocycles. The Hall–Kier alpha value is -4.77. The van der Waals surface area contributed by atoms with E-state index in [4.69, 9.17) is 4.74 Å². The van der Waals surface area contributed by atoms with Gasteiger partial charge >= 0.3 is 0 Å². The maximum absolute atomic E-state index is 13.6. The van der Waals surface area contributed by atoms with Crippen molar-refractivity contribution in [3.05, 3.63) is 114 Å². The number of hydrogen-bond donors (Lipinski definition) is 2. The smallest absolute Gasteiger partial charge is 0.264 e.